The summed E-state index contributed by atoms with van der Waals surface area (Å²) in [5.41, 5.74) is 1.07. The second-order valence-electron chi connectivity index (χ2n) is 5.61. The molecule has 1 aromatic heterocycles. The molecule has 0 amide bonds. The van der Waals surface area contributed by atoms with Crippen LogP contribution in [-0.2, 0) is 4.74 Å². The molecule has 2 rings (SSSR count). The third-order valence-electron chi connectivity index (χ3n) is 3.42. The second kappa shape index (κ2) is 10.9. The molecule has 1 saturated heterocycles. The standard InChI is InChI=1S/C15H23N3OS2.C2H3F3/c1-5-13(18(3)16-2)14-8-9-15(20-14)21(4)17-11-12-7-6-10-19-12;1-2(3,4)5/h5,8-9,12,17H,2,4,6-7,10-11H2,1,3H3;1H3/b13-5-;. The summed E-state index contributed by atoms with van der Waals surface area (Å²) < 4.78 is 41.4. The van der Waals surface area contributed by atoms with E-state index in [0.717, 1.165) is 25.3 Å². The Hall–Kier alpha value is -1.16. The molecule has 0 aliphatic carbocycles. The van der Waals surface area contributed by atoms with Crippen LogP contribution in [0.3, 0.4) is 0 Å². The summed E-state index contributed by atoms with van der Waals surface area (Å²) in [5, 5.41) is 5.74. The molecule has 1 fully saturated rings. The van der Waals surface area contributed by atoms with Crippen LogP contribution in [0, 0.1) is 0 Å². The molecule has 2 atom stereocenters. The van der Waals surface area contributed by atoms with Crippen LogP contribution in [0.15, 0.2) is 27.5 Å². The highest BCUT2D eigenvalue weighted by atomic mass is 32.2. The Bertz CT molecular complexity index is 617. The van der Waals surface area contributed by atoms with Gasteiger partial charge in [-0.3, -0.25) is 9.73 Å². The summed E-state index contributed by atoms with van der Waals surface area (Å²) in [7, 11) is 1.71. The lowest BCUT2D eigenvalue weighted by molar-refractivity contribution is -0.110. The zero-order chi connectivity index (χ0) is 19.7. The average Bonchev–Trinajstić information content (AvgIpc) is 3.23. The number of alkyl halides is 3. The zero-order valence-corrected chi connectivity index (χ0v) is 16.9. The number of hydrazone groups is 1. The normalized spacial score (nSPS) is 18.8. The van der Waals surface area contributed by atoms with Crippen molar-refractivity contribution in [1.82, 2.24) is 9.73 Å². The van der Waals surface area contributed by atoms with E-state index in [9.17, 15) is 13.2 Å². The Morgan fingerprint density at radius 2 is 2.19 bits per heavy atom. The third kappa shape index (κ3) is 8.48. The fraction of sp³-hybridized carbons (Fsp3) is 0.529. The third-order valence-corrected chi connectivity index (χ3v) is 6.31. The van der Waals surface area contributed by atoms with Gasteiger partial charge >= 0.3 is 6.18 Å². The van der Waals surface area contributed by atoms with Crippen LogP contribution >= 0.6 is 22.0 Å². The summed E-state index contributed by atoms with van der Waals surface area (Å²) in [6, 6.07) is 4.26. The van der Waals surface area contributed by atoms with Crippen molar-refractivity contribution in [3.63, 3.8) is 0 Å². The molecule has 148 valence electrons. The number of rotatable bonds is 7. The van der Waals surface area contributed by atoms with Crippen LogP contribution < -0.4 is 4.72 Å². The maximum Gasteiger partial charge on any atom is 0.386 e. The molecule has 4 nitrogen and oxygen atoms in total. The van der Waals surface area contributed by atoms with E-state index in [1.54, 1.807) is 16.3 Å². The molecule has 2 unspecified atom stereocenters. The first-order chi connectivity index (χ1) is 12.2. The molecule has 0 spiro atoms. The average molecular weight is 410 g/mol. The predicted octanol–water partition coefficient (Wildman–Crippen LogP) is 4.97. The van der Waals surface area contributed by atoms with Gasteiger partial charge in [-0.2, -0.15) is 18.3 Å². The highest BCUT2D eigenvalue weighted by molar-refractivity contribution is 8.13. The monoisotopic (exact) mass is 409 g/mol. The molecule has 0 aromatic carbocycles. The van der Waals surface area contributed by atoms with Crippen molar-refractivity contribution in [1.29, 1.82) is 0 Å². The summed E-state index contributed by atoms with van der Waals surface area (Å²) in [4.78, 5) is 1.18. The zero-order valence-electron chi connectivity index (χ0n) is 15.3. The van der Waals surface area contributed by atoms with Gasteiger partial charge in [-0.25, -0.2) is 0 Å². The fourth-order valence-corrected chi connectivity index (χ4v) is 4.68. The van der Waals surface area contributed by atoms with Crippen molar-refractivity contribution in [3.05, 3.63) is 23.1 Å². The van der Waals surface area contributed by atoms with Crippen LogP contribution in [0.2, 0.25) is 0 Å². The molecule has 1 aromatic rings. The summed E-state index contributed by atoms with van der Waals surface area (Å²) in [6.45, 7) is 7.54. The molecule has 0 saturated carbocycles. The predicted molar refractivity (Wildman–Crippen MR) is 107 cm³/mol. The van der Waals surface area contributed by atoms with Gasteiger partial charge in [0.25, 0.3) is 0 Å². The van der Waals surface area contributed by atoms with E-state index in [1.807, 2.05) is 20.0 Å². The van der Waals surface area contributed by atoms with Gasteiger partial charge in [0.15, 0.2) is 0 Å². The Morgan fingerprint density at radius 3 is 2.69 bits per heavy atom. The number of hydrogen-bond donors (Lipinski definition) is 1. The van der Waals surface area contributed by atoms with Crippen LogP contribution in [0.4, 0.5) is 13.2 Å². The first-order valence-corrected chi connectivity index (χ1v) is 10.3. The van der Waals surface area contributed by atoms with Crippen LogP contribution in [-0.4, -0.2) is 50.1 Å². The summed E-state index contributed by atoms with van der Waals surface area (Å²) in [5.74, 6) is 4.24. The first-order valence-electron chi connectivity index (χ1n) is 8.08. The molecular formula is C17H26F3N3OS2. The van der Waals surface area contributed by atoms with E-state index in [0.29, 0.717) is 6.10 Å². The molecule has 26 heavy (non-hydrogen) atoms. The topological polar surface area (TPSA) is 36.9 Å². The largest absolute Gasteiger partial charge is 0.386 e. The molecule has 0 radical (unpaired) electrons. The molecule has 1 aliphatic heterocycles. The maximum atomic E-state index is 10.4. The first kappa shape index (κ1) is 22.9. The number of thiophene rings is 1. The van der Waals surface area contributed by atoms with Gasteiger partial charge in [0.2, 0.25) is 0 Å². The number of nitrogens with zero attached hydrogens (tertiary/aromatic N) is 2. The molecule has 9 heteroatoms. The van der Waals surface area contributed by atoms with E-state index in [4.69, 9.17) is 4.74 Å². The van der Waals surface area contributed by atoms with Crippen molar-refractivity contribution in [3.8, 4) is 0 Å². The van der Waals surface area contributed by atoms with Crippen molar-refractivity contribution in [2.24, 2.45) is 5.10 Å². The molecule has 0 bridgehead atoms. The van der Waals surface area contributed by atoms with E-state index in [1.165, 1.54) is 15.5 Å². The minimum absolute atomic E-state index is 0.188. The Balaban J connectivity index is 0.000000597. The number of halogens is 3. The van der Waals surface area contributed by atoms with Crippen LogP contribution in [0.1, 0.15) is 31.6 Å². The van der Waals surface area contributed by atoms with Gasteiger partial charge in [0.1, 0.15) is 0 Å². The second-order valence-corrected chi connectivity index (χ2v) is 8.47. The highest BCUT2D eigenvalue weighted by Gasteiger charge is 2.16. The number of hydrogen-bond acceptors (Lipinski definition) is 5. The number of ether oxygens (including phenoxy) is 1. The maximum absolute atomic E-state index is 10.4. The Kier molecular flexibility index (Phi) is 9.56. The highest BCUT2D eigenvalue weighted by Crippen LogP contribution is 2.34. The van der Waals surface area contributed by atoms with Crippen LogP contribution in [0.25, 0.3) is 5.70 Å². The van der Waals surface area contributed by atoms with Gasteiger partial charge in [0.05, 0.1) is 20.9 Å². The molecule has 2 heterocycles. The van der Waals surface area contributed by atoms with Crippen molar-refractivity contribution in [2.45, 2.75) is 43.2 Å². The lowest BCUT2D eigenvalue weighted by Crippen LogP contribution is -2.21. The SMILES string of the molecule is C=NN(C)/C(=C\C)c1ccc(S(=C)NCC2CCCO2)s1.CC(F)(F)F. The number of allylic oxidation sites excluding steroid dienone is 1. The van der Waals surface area contributed by atoms with E-state index >= 15 is 0 Å². The van der Waals surface area contributed by atoms with E-state index in [2.05, 4.69) is 34.5 Å². The minimum Gasteiger partial charge on any atom is -0.377 e. The van der Waals surface area contributed by atoms with Gasteiger partial charge in [-0.15, -0.1) is 11.3 Å². The Morgan fingerprint density at radius 1 is 1.54 bits per heavy atom. The minimum atomic E-state index is -4.00. The summed E-state index contributed by atoms with van der Waals surface area (Å²) >= 11 is 1.75. The van der Waals surface area contributed by atoms with Crippen molar-refractivity contribution < 1.29 is 17.9 Å². The van der Waals surface area contributed by atoms with Crippen molar-refractivity contribution >= 4 is 40.3 Å². The van der Waals surface area contributed by atoms with E-state index < -0.39 is 6.18 Å². The lowest BCUT2D eigenvalue weighted by atomic mass is 10.2. The molecular weight excluding hydrogens is 383 g/mol. The molecule has 1 aliphatic rings. The van der Waals surface area contributed by atoms with Gasteiger partial charge in [-0.1, -0.05) is 22.6 Å². The van der Waals surface area contributed by atoms with Gasteiger partial charge < -0.3 is 4.74 Å². The lowest BCUT2D eigenvalue weighted by Gasteiger charge is -2.15. The summed E-state index contributed by atoms with van der Waals surface area (Å²) in [6.07, 6.45) is 0.721. The fourth-order valence-electron chi connectivity index (χ4n) is 2.22. The number of nitrogens with one attached hydrogen (secondary N) is 1. The van der Waals surface area contributed by atoms with Crippen LogP contribution in [0.5, 0.6) is 0 Å². The van der Waals surface area contributed by atoms with Crippen molar-refractivity contribution in [2.75, 3.05) is 20.2 Å². The quantitative estimate of drug-likeness (QED) is 0.393. The molecule has 1 N–H and O–H groups in total. The van der Waals surface area contributed by atoms with Gasteiger partial charge in [-0.05, 0) is 31.9 Å². The van der Waals surface area contributed by atoms with Gasteiger partial charge in [0, 0.05) is 33.8 Å². The van der Waals surface area contributed by atoms with E-state index in [-0.39, 0.29) is 17.6 Å². The smallest absolute Gasteiger partial charge is 0.377 e. The Labute approximate surface area is 159 Å².